The zero-order valence-corrected chi connectivity index (χ0v) is 11.3. The fourth-order valence-electron chi connectivity index (χ4n) is 3.12. The summed E-state index contributed by atoms with van der Waals surface area (Å²) >= 11 is 0. The number of hydrogen-bond acceptors (Lipinski definition) is 3. The molecule has 0 aromatic carbocycles. The van der Waals surface area contributed by atoms with E-state index in [1.54, 1.807) is 0 Å². The normalized spacial score (nSPS) is 36.8. The lowest BCUT2D eigenvalue weighted by Crippen LogP contribution is -2.76. The summed E-state index contributed by atoms with van der Waals surface area (Å²) in [4.78, 5) is 0. The summed E-state index contributed by atoms with van der Waals surface area (Å²) in [5, 5.41) is -0.157. The van der Waals surface area contributed by atoms with Gasteiger partial charge in [-0.25, -0.2) is 13.1 Å². The highest BCUT2D eigenvalue weighted by molar-refractivity contribution is 7.90. The van der Waals surface area contributed by atoms with Gasteiger partial charge in [0.15, 0.2) is 0 Å². The Bertz CT molecular complexity index is 380. The Morgan fingerprint density at radius 2 is 1.56 bits per heavy atom. The zero-order chi connectivity index (χ0) is 12.4. The van der Waals surface area contributed by atoms with Gasteiger partial charge in [-0.15, -0.1) is 0 Å². The van der Waals surface area contributed by atoms with E-state index in [0.29, 0.717) is 0 Å². The van der Waals surface area contributed by atoms with Gasteiger partial charge in [-0.2, -0.15) is 0 Å². The van der Waals surface area contributed by atoms with Crippen LogP contribution < -0.4 is 10.5 Å². The van der Waals surface area contributed by atoms with Crippen LogP contribution in [0.1, 0.15) is 40.5 Å². The first-order valence-electron chi connectivity index (χ1n) is 5.87. The van der Waals surface area contributed by atoms with Crippen LogP contribution in [0, 0.1) is 10.8 Å². The van der Waals surface area contributed by atoms with E-state index in [4.69, 9.17) is 5.73 Å². The smallest absolute Gasteiger partial charge is 0.214 e. The maximum absolute atomic E-state index is 11.9. The minimum atomic E-state index is -3.12. The van der Waals surface area contributed by atoms with Crippen LogP contribution in [0.15, 0.2) is 0 Å². The van der Waals surface area contributed by atoms with Gasteiger partial charge >= 0.3 is 0 Å². The summed E-state index contributed by atoms with van der Waals surface area (Å²) in [7, 11) is -3.12. The summed E-state index contributed by atoms with van der Waals surface area (Å²) in [5.41, 5.74) is 5.78. The van der Waals surface area contributed by atoms with E-state index in [1.807, 2.05) is 27.7 Å². The molecule has 0 aromatic heterocycles. The molecule has 0 spiro atoms. The van der Waals surface area contributed by atoms with Crippen molar-refractivity contribution in [2.75, 3.05) is 0 Å². The van der Waals surface area contributed by atoms with Crippen molar-refractivity contribution < 1.29 is 8.42 Å². The Kier molecular flexibility index (Phi) is 2.47. The molecule has 16 heavy (non-hydrogen) atoms. The van der Waals surface area contributed by atoms with Crippen molar-refractivity contribution in [2.24, 2.45) is 16.6 Å². The van der Waals surface area contributed by atoms with Crippen LogP contribution in [-0.4, -0.2) is 25.8 Å². The molecule has 5 heteroatoms. The molecule has 0 saturated heterocycles. The molecule has 0 amide bonds. The Morgan fingerprint density at radius 1 is 1.12 bits per heavy atom. The van der Waals surface area contributed by atoms with Crippen molar-refractivity contribution in [1.29, 1.82) is 0 Å². The van der Waals surface area contributed by atoms with E-state index in [0.717, 1.165) is 12.8 Å². The van der Waals surface area contributed by atoms with E-state index in [-0.39, 0.29) is 28.2 Å². The third-order valence-corrected chi connectivity index (χ3v) is 6.25. The summed E-state index contributed by atoms with van der Waals surface area (Å²) in [6, 6.07) is -0.0208. The zero-order valence-electron chi connectivity index (χ0n) is 10.4. The first-order valence-corrected chi connectivity index (χ1v) is 7.41. The van der Waals surface area contributed by atoms with Crippen LogP contribution in [0.2, 0.25) is 0 Å². The van der Waals surface area contributed by atoms with Crippen LogP contribution in [0.4, 0.5) is 0 Å². The average Bonchev–Trinajstić information content (AvgIpc) is 2.95. The van der Waals surface area contributed by atoms with E-state index in [2.05, 4.69) is 4.72 Å². The predicted molar refractivity (Wildman–Crippen MR) is 64.4 cm³/mol. The van der Waals surface area contributed by atoms with Gasteiger partial charge in [0.05, 0.1) is 5.25 Å². The Morgan fingerprint density at radius 3 is 1.94 bits per heavy atom. The lowest BCUT2D eigenvalue weighted by atomic mass is 9.49. The molecule has 0 aliphatic heterocycles. The molecule has 0 radical (unpaired) electrons. The maximum Gasteiger partial charge on any atom is 0.214 e. The minimum Gasteiger partial charge on any atom is -0.327 e. The number of sulfonamides is 1. The second-order valence-corrected chi connectivity index (χ2v) is 8.41. The Hall–Kier alpha value is -0.130. The van der Waals surface area contributed by atoms with Crippen LogP contribution in [0.25, 0.3) is 0 Å². The molecular weight excluding hydrogens is 224 g/mol. The summed E-state index contributed by atoms with van der Waals surface area (Å²) < 4.78 is 26.7. The van der Waals surface area contributed by atoms with Gasteiger partial charge in [-0.05, 0) is 23.7 Å². The van der Waals surface area contributed by atoms with Crippen LogP contribution >= 0.6 is 0 Å². The van der Waals surface area contributed by atoms with Crippen LogP contribution in [0.3, 0.4) is 0 Å². The third-order valence-electron chi connectivity index (χ3n) is 4.34. The molecule has 3 N–H and O–H groups in total. The highest BCUT2D eigenvalue weighted by Gasteiger charge is 2.61. The van der Waals surface area contributed by atoms with E-state index in [1.165, 1.54) is 0 Å². The molecule has 0 unspecified atom stereocenters. The molecule has 2 saturated carbocycles. The Labute approximate surface area is 98.0 Å². The summed E-state index contributed by atoms with van der Waals surface area (Å²) in [5.74, 6) is 0. The van der Waals surface area contributed by atoms with Gasteiger partial charge < -0.3 is 5.73 Å². The molecule has 2 aliphatic rings. The standard InChI is InChI=1S/C11H22N2O2S/c1-10(2)8(12)11(3,4)9(10)13-16(14,15)7-5-6-7/h7-9,13H,5-6,12H2,1-4H3. The van der Waals surface area contributed by atoms with Gasteiger partial charge in [0.1, 0.15) is 0 Å². The average molecular weight is 246 g/mol. The molecule has 4 nitrogen and oxygen atoms in total. The highest BCUT2D eigenvalue weighted by atomic mass is 32.2. The Balaban J connectivity index is 2.16. The van der Waals surface area contributed by atoms with Gasteiger partial charge in [0.25, 0.3) is 0 Å². The third kappa shape index (κ3) is 1.60. The molecule has 2 aliphatic carbocycles. The van der Waals surface area contributed by atoms with Crippen molar-refractivity contribution >= 4 is 10.0 Å². The quantitative estimate of drug-likeness (QED) is 0.775. The fourth-order valence-corrected chi connectivity index (χ4v) is 5.01. The van der Waals surface area contributed by atoms with Gasteiger partial charge in [0, 0.05) is 12.1 Å². The minimum absolute atomic E-state index is 0.0342. The maximum atomic E-state index is 11.9. The van der Waals surface area contributed by atoms with Crippen LogP contribution in [0.5, 0.6) is 0 Å². The van der Waals surface area contributed by atoms with E-state index < -0.39 is 10.0 Å². The molecule has 94 valence electrons. The van der Waals surface area contributed by atoms with Gasteiger partial charge in [0.2, 0.25) is 10.0 Å². The first kappa shape index (κ1) is 12.3. The molecule has 2 fully saturated rings. The predicted octanol–water partition coefficient (Wildman–Crippen LogP) is 0.830. The molecule has 0 atom stereocenters. The fraction of sp³-hybridized carbons (Fsp3) is 1.00. The van der Waals surface area contributed by atoms with Crippen LogP contribution in [-0.2, 0) is 10.0 Å². The second kappa shape index (κ2) is 3.21. The molecule has 0 bridgehead atoms. The number of nitrogens with two attached hydrogens (primary N) is 1. The van der Waals surface area contributed by atoms with Crippen molar-refractivity contribution in [1.82, 2.24) is 4.72 Å². The lowest BCUT2D eigenvalue weighted by Gasteiger charge is -2.62. The summed E-state index contributed by atoms with van der Waals surface area (Å²) in [6.45, 7) is 8.12. The lowest BCUT2D eigenvalue weighted by molar-refractivity contribution is -0.0593. The van der Waals surface area contributed by atoms with E-state index in [9.17, 15) is 8.42 Å². The largest absolute Gasteiger partial charge is 0.327 e. The summed E-state index contributed by atoms with van der Waals surface area (Å²) in [6.07, 6.45) is 1.60. The van der Waals surface area contributed by atoms with Gasteiger partial charge in [-0.3, -0.25) is 0 Å². The van der Waals surface area contributed by atoms with Crippen molar-refractivity contribution in [3.05, 3.63) is 0 Å². The molecule has 2 rings (SSSR count). The van der Waals surface area contributed by atoms with Crippen molar-refractivity contribution in [3.8, 4) is 0 Å². The second-order valence-electron chi connectivity index (χ2n) is 6.42. The van der Waals surface area contributed by atoms with Crippen molar-refractivity contribution in [2.45, 2.75) is 57.9 Å². The number of hydrogen-bond donors (Lipinski definition) is 2. The number of rotatable bonds is 3. The topological polar surface area (TPSA) is 72.2 Å². The first-order chi connectivity index (χ1) is 7.10. The monoisotopic (exact) mass is 246 g/mol. The molecule has 0 heterocycles. The van der Waals surface area contributed by atoms with Gasteiger partial charge in [-0.1, -0.05) is 27.7 Å². The SMILES string of the molecule is CC1(C)C(N)C(C)(C)C1NS(=O)(=O)C1CC1. The number of nitrogens with one attached hydrogen (secondary N) is 1. The molecular formula is C11H22N2O2S. The molecule has 0 aromatic rings. The van der Waals surface area contributed by atoms with E-state index >= 15 is 0 Å². The van der Waals surface area contributed by atoms with Crippen molar-refractivity contribution in [3.63, 3.8) is 0 Å². The highest BCUT2D eigenvalue weighted by Crippen LogP contribution is 2.53.